The number of anilines is 2. The van der Waals surface area contributed by atoms with Gasteiger partial charge in [0.2, 0.25) is 0 Å². The van der Waals surface area contributed by atoms with Crippen molar-refractivity contribution in [1.82, 2.24) is 9.97 Å². The number of nitrogens with one attached hydrogen (secondary N) is 1. The summed E-state index contributed by atoms with van der Waals surface area (Å²) in [6.07, 6.45) is 8.07. The maximum atomic E-state index is 11.6. The summed E-state index contributed by atoms with van der Waals surface area (Å²) in [6, 6.07) is 16.9. The second-order valence-corrected chi connectivity index (χ2v) is 9.14. The number of nitrogens with zero attached hydrogens (tertiary/aromatic N) is 2. The molecule has 3 aromatic carbocycles. The third-order valence-corrected chi connectivity index (χ3v) is 5.88. The summed E-state index contributed by atoms with van der Waals surface area (Å²) in [5.74, 6) is 3.99. The Morgan fingerprint density at radius 2 is 1.84 bits per heavy atom. The van der Waals surface area contributed by atoms with Gasteiger partial charge in [0.1, 0.15) is 23.6 Å². The lowest BCUT2D eigenvalue weighted by Crippen LogP contribution is -1.98. The van der Waals surface area contributed by atoms with Crippen LogP contribution in [-0.2, 0) is 9.84 Å². The van der Waals surface area contributed by atoms with Gasteiger partial charge >= 0.3 is 0 Å². The lowest BCUT2D eigenvalue weighted by Gasteiger charge is -2.12. The fraction of sp³-hybridized carbons (Fsp3) is 0.0435. The Morgan fingerprint density at radius 1 is 1.06 bits per heavy atom. The summed E-state index contributed by atoms with van der Waals surface area (Å²) in [4.78, 5) is 8.82. The normalized spacial score (nSPS) is 11.1. The Balaban J connectivity index is 1.70. The lowest BCUT2D eigenvalue weighted by molar-refractivity contribution is 0.483. The topological polar surface area (TPSA) is 81.2 Å². The molecule has 1 aromatic heterocycles. The highest BCUT2D eigenvalue weighted by Crippen LogP contribution is 2.35. The van der Waals surface area contributed by atoms with Gasteiger partial charge in [0.15, 0.2) is 9.84 Å². The number of hydrogen-bond acceptors (Lipinski definition) is 6. The van der Waals surface area contributed by atoms with Gasteiger partial charge in [-0.25, -0.2) is 18.4 Å². The predicted octanol–water partition coefficient (Wildman–Crippen LogP) is 5.20. The van der Waals surface area contributed by atoms with E-state index < -0.39 is 9.84 Å². The molecule has 0 bridgehead atoms. The number of fused-ring (bicyclic) bond motifs is 1. The molecule has 1 heterocycles. The molecule has 8 heteroatoms. The van der Waals surface area contributed by atoms with Crippen molar-refractivity contribution in [1.29, 1.82) is 0 Å². The van der Waals surface area contributed by atoms with E-state index in [1.165, 1.54) is 18.5 Å². The van der Waals surface area contributed by atoms with Gasteiger partial charge in [0, 0.05) is 22.9 Å². The summed E-state index contributed by atoms with van der Waals surface area (Å²) >= 11 is 6.39. The van der Waals surface area contributed by atoms with E-state index in [9.17, 15) is 8.42 Å². The zero-order valence-electron chi connectivity index (χ0n) is 16.3. The Morgan fingerprint density at radius 3 is 2.55 bits per heavy atom. The number of aromatic nitrogens is 2. The van der Waals surface area contributed by atoms with E-state index in [4.69, 9.17) is 22.8 Å². The molecule has 4 rings (SSSR count). The second-order valence-electron chi connectivity index (χ2n) is 6.72. The van der Waals surface area contributed by atoms with E-state index >= 15 is 0 Å². The molecule has 0 amide bonds. The average molecular weight is 450 g/mol. The molecule has 0 fully saturated rings. The van der Waals surface area contributed by atoms with Crippen molar-refractivity contribution in [3.05, 3.63) is 77.6 Å². The fourth-order valence-electron chi connectivity index (χ4n) is 2.94. The van der Waals surface area contributed by atoms with Gasteiger partial charge in [0.25, 0.3) is 0 Å². The van der Waals surface area contributed by atoms with Crippen LogP contribution in [0.25, 0.3) is 10.9 Å². The summed E-state index contributed by atoms with van der Waals surface area (Å²) in [7, 11) is -3.29. The molecule has 0 saturated heterocycles. The van der Waals surface area contributed by atoms with Gasteiger partial charge in [-0.15, -0.1) is 6.42 Å². The first kappa shape index (κ1) is 20.7. The SMILES string of the molecule is C#Cc1cccc(Nc2ncnc3cc(Cl)c(Oc4ccc(S(C)(=O)=O)cc4)cc23)c1. The van der Waals surface area contributed by atoms with Crippen LogP contribution in [0.4, 0.5) is 11.5 Å². The fourth-order valence-corrected chi connectivity index (χ4v) is 3.77. The van der Waals surface area contributed by atoms with E-state index in [0.717, 1.165) is 17.5 Å². The molecule has 0 saturated carbocycles. The highest BCUT2D eigenvalue weighted by atomic mass is 35.5. The van der Waals surface area contributed by atoms with E-state index in [1.807, 2.05) is 24.3 Å². The van der Waals surface area contributed by atoms with Crippen molar-refractivity contribution in [2.45, 2.75) is 4.90 Å². The van der Waals surface area contributed by atoms with Crippen molar-refractivity contribution in [3.8, 4) is 23.8 Å². The maximum Gasteiger partial charge on any atom is 0.175 e. The summed E-state index contributed by atoms with van der Waals surface area (Å²) in [5.41, 5.74) is 2.16. The molecule has 0 aliphatic carbocycles. The molecule has 0 spiro atoms. The van der Waals surface area contributed by atoms with Crippen LogP contribution >= 0.6 is 11.6 Å². The van der Waals surface area contributed by atoms with Crippen LogP contribution in [0.2, 0.25) is 5.02 Å². The van der Waals surface area contributed by atoms with Crippen LogP contribution in [0, 0.1) is 12.3 Å². The van der Waals surface area contributed by atoms with E-state index in [-0.39, 0.29) is 4.90 Å². The first-order valence-electron chi connectivity index (χ1n) is 9.09. The molecular formula is C23H16ClN3O3S. The van der Waals surface area contributed by atoms with Crippen molar-refractivity contribution < 1.29 is 13.2 Å². The molecule has 0 aliphatic heterocycles. The van der Waals surface area contributed by atoms with Crippen molar-refractivity contribution >= 4 is 43.8 Å². The third kappa shape index (κ3) is 4.61. The number of rotatable bonds is 5. The molecule has 31 heavy (non-hydrogen) atoms. The molecule has 1 N–H and O–H groups in total. The van der Waals surface area contributed by atoms with Crippen LogP contribution in [0.3, 0.4) is 0 Å². The maximum absolute atomic E-state index is 11.6. The van der Waals surface area contributed by atoms with Gasteiger partial charge < -0.3 is 10.1 Å². The van der Waals surface area contributed by atoms with Gasteiger partial charge in [-0.3, -0.25) is 0 Å². The van der Waals surface area contributed by atoms with Crippen molar-refractivity contribution in [3.63, 3.8) is 0 Å². The van der Waals surface area contributed by atoms with Crippen molar-refractivity contribution in [2.24, 2.45) is 0 Å². The lowest BCUT2D eigenvalue weighted by atomic mass is 10.2. The first-order valence-corrected chi connectivity index (χ1v) is 11.4. The van der Waals surface area contributed by atoms with Crippen molar-refractivity contribution in [2.75, 3.05) is 11.6 Å². The minimum Gasteiger partial charge on any atom is -0.456 e. The molecular weight excluding hydrogens is 434 g/mol. The Bertz CT molecular complexity index is 1430. The predicted molar refractivity (Wildman–Crippen MR) is 122 cm³/mol. The van der Waals surface area contributed by atoms with Crippen LogP contribution < -0.4 is 10.1 Å². The zero-order valence-corrected chi connectivity index (χ0v) is 17.9. The third-order valence-electron chi connectivity index (χ3n) is 4.46. The van der Waals surface area contributed by atoms with Crippen LogP contribution in [0.15, 0.2) is 71.9 Å². The number of hydrogen-bond donors (Lipinski definition) is 1. The van der Waals surface area contributed by atoms with Gasteiger partial charge in [-0.2, -0.15) is 0 Å². The van der Waals surface area contributed by atoms with Gasteiger partial charge in [-0.05, 0) is 54.6 Å². The number of terminal acetylenes is 1. The second kappa shape index (κ2) is 8.26. The number of benzene rings is 3. The summed E-state index contributed by atoms with van der Waals surface area (Å²) < 4.78 is 29.2. The Kier molecular flexibility index (Phi) is 5.51. The average Bonchev–Trinajstić information content (AvgIpc) is 2.74. The molecule has 0 aliphatic rings. The Hall–Kier alpha value is -3.60. The molecule has 0 unspecified atom stereocenters. The van der Waals surface area contributed by atoms with Crippen LogP contribution in [-0.4, -0.2) is 24.6 Å². The zero-order chi connectivity index (χ0) is 22.0. The minimum absolute atomic E-state index is 0.207. The van der Waals surface area contributed by atoms with E-state index in [0.29, 0.717) is 33.2 Å². The molecule has 4 aromatic rings. The van der Waals surface area contributed by atoms with E-state index in [2.05, 4.69) is 21.2 Å². The van der Waals surface area contributed by atoms with Crippen LogP contribution in [0.5, 0.6) is 11.5 Å². The summed E-state index contributed by atoms with van der Waals surface area (Å²) in [6.45, 7) is 0. The van der Waals surface area contributed by atoms with Gasteiger partial charge in [-0.1, -0.05) is 23.6 Å². The number of ether oxygens (including phenoxy) is 1. The minimum atomic E-state index is -3.29. The standard InChI is InChI=1S/C23H16ClN3O3S/c1-3-15-5-4-6-16(11-15)27-23-19-12-22(20(24)13-21(19)25-14-26-23)30-17-7-9-18(10-8-17)31(2,28)29/h1,4-14H,2H3,(H,25,26,27). The van der Waals surface area contributed by atoms with Crippen LogP contribution in [0.1, 0.15) is 5.56 Å². The Labute approximate surface area is 184 Å². The molecule has 0 radical (unpaired) electrons. The quantitative estimate of drug-likeness (QED) is 0.421. The summed E-state index contributed by atoms with van der Waals surface area (Å²) in [5, 5.41) is 4.30. The largest absolute Gasteiger partial charge is 0.456 e. The number of sulfone groups is 1. The molecule has 6 nitrogen and oxygen atoms in total. The van der Waals surface area contributed by atoms with Gasteiger partial charge in [0.05, 0.1) is 15.4 Å². The highest BCUT2D eigenvalue weighted by Gasteiger charge is 2.12. The highest BCUT2D eigenvalue weighted by molar-refractivity contribution is 7.90. The first-order chi connectivity index (χ1) is 14.8. The molecule has 154 valence electrons. The smallest absolute Gasteiger partial charge is 0.175 e. The van der Waals surface area contributed by atoms with E-state index in [1.54, 1.807) is 24.3 Å². The number of halogens is 1. The monoisotopic (exact) mass is 449 g/mol. The molecule has 0 atom stereocenters.